The molecule has 0 saturated carbocycles. The quantitative estimate of drug-likeness (QED) is 0.864. The molecule has 1 aromatic rings. The van der Waals surface area contributed by atoms with Crippen molar-refractivity contribution < 1.29 is 8.42 Å². The summed E-state index contributed by atoms with van der Waals surface area (Å²) in [4.78, 5) is 2.35. The van der Waals surface area contributed by atoms with Gasteiger partial charge in [-0.25, -0.2) is 8.42 Å². The molecule has 2 fully saturated rings. The molecule has 5 heteroatoms. The van der Waals surface area contributed by atoms with Crippen LogP contribution >= 0.6 is 0 Å². The SMILES string of the molecule is NCCc1ccccc1CCN1CC2CC1CS2(=O)=O. The summed E-state index contributed by atoms with van der Waals surface area (Å²) in [6, 6.07) is 8.68. The van der Waals surface area contributed by atoms with Gasteiger partial charge in [0.05, 0.1) is 11.0 Å². The van der Waals surface area contributed by atoms with Gasteiger partial charge < -0.3 is 5.73 Å². The molecule has 2 atom stereocenters. The molecule has 4 nitrogen and oxygen atoms in total. The lowest BCUT2D eigenvalue weighted by molar-refractivity contribution is 0.268. The minimum atomic E-state index is -2.78. The fourth-order valence-electron chi connectivity index (χ4n) is 3.51. The van der Waals surface area contributed by atoms with Gasteiger partial charge in [0, 0.05) is 19.1 Å². The number of nitrogens with two attached hydrogens (primary N) is 1. The Labute approximate surface area is 120 Å². The van der Waals surface area contributed by atoms with Crippen LogP contribution in [0.25, 0.3) is 0 Å². The van der Waals surface area contributed by atoms with E-state index in [1.165, 1.54) is 11.1 Å². The summed E-state index contributed by atoms with van der Waals surface area (Å²) in [5, 5.41) is -0.105. The molecule has 2 unspecified atom stereocenters. The summed E-state index contributed by atoms with van der Waals surface area (Å²) in [5.41, 5.74) is 8.33. The Balaban J connectivity index is 1.62. The first-order valence-electron chi connectivity index (χ1n) is 7.32. The number of hydrogen-bond donors (Lipinski definition) is 1. The largest absolute Gasteiger partial charge is 0.330 e. The zero-order valence-electron chi connectivity index (χ0n) is 11.7. The molecule has 1 aromatic carbocycles. The van der Waals surface area contributed by atoms with E-state index in [0.717, 1.165) is 32.4 Å². The highest BCUT2D eigenvalue weighted by Crippen LogP contribution is 2.32. The van der Waals surface area contributed by atoms with Crippen molar-refractivity contribution in [2.45, 2.75) is 30.6 Å². The normalized spacial score (nSPS) is 28.1. The van der Waals surface area contributed by atoms with E-state index in [9.17, 15) is 8.42 Å². The summed E-state index contributed by atoms with van der Waals surface area (Å²) >= 11 is 0. The van der Waals surface area contributed by atoms with Gasteiger partial charge in [-0.05, 0) is 36.9 Å². The fourth-order valence-corrected chi connectivity index (χ4v) is 5.60. The van der Waals surface area contributed by atoms with Crippen LogP contribution in [0.15, 0.2) is 24.3 Å². The van der Waals surface area contributed by atoms with Crippen molar-refractivity contribution in [1.82, 2.24) is 4.90 Å². The Hall–Kier alpha value is -0.910. The zero-order valence-corrected chi connectivity index (χ0v) is 12.5. The number of likely N-dealkylation sites (tertiary alicyclic amines) is 1. The Morgan fingerprint density at radius 2 is 1.90 bits per heavy atom. The van der Waals surface area contributed by atoms with Crippen molar-refractivity contribution in [1.29, 1.82) is 0 Å². The lowest BCUT2D eigenvalue weighted by Gasteiger charge is -2.26. The van der Waals surface area contributed by atoms with Gasteiger partial charge in [0.1, 0.15) is 0 Å². The van der Waals surface area contributed by atoms with Crippen LogP contribution < -0.4 is 5.73 Å². The Morgan fingerprint density at radius 3 is 2.45 bits per heavy atom. The van der Waals surface area contributed by atoms with Crippen LogP contribution in [-0.4, -0.2) is 50.0 Å². The topological polar surface area (TPSA) is 63.4 Å². The first-order valence-corrected chi connectivity index (χ1v) is 9.04. The molecule has 20 heavy (non-hydrogen) atoms. The van der Waals surface area contributed by atoms with Crippen LogP contribution in [0, 0.1) is 0 Å². The Morgan fingerprint density at radius 1 is 1.20 bits per heavy atom. The van der Waals surface area contributed by atoms with Crippen LogP contribution in [-0.2, 0) is 22.7 Å². The third kappa shape index (κ3) is 2.62. The van der Waals surface area contributed by atoms with Crippen molar-refractivity contribution >= 4 is 9.84 Å². The minimum absolute atomic E-state index is 0.105. The van der Waals surface area contributed by atoms with E-state index in [1.807, 2.05) is 0 Å². The number of nitrogens with zero attached hydrogens (tertiary/aromatic N) is 1. The first-order chi connectivity index (χ1) is 9.60. The number of rotatable bonds is 5. The highest BCUT2D eigenvalue weighted by molar-refractivity contribution is 7.92. The second kappa shape index (κ2) is 5.47. The molecule has 110 valence electrons. The molecule has 2 aliphatic heterocycles. The van der Waals surface area contributed by atoms with Crippen molar-refractivity contribution in [3.63, 3.8) is 0 Å². The monoisotopic (exact) mass is 294 g/mol. The lowest BCUT2D eigenvalue weighted by atomic mass is 10.0. The van der Waals surface area contributed by atoms with E-state index in [0.29, 0.717) is 12.3 Å². The maximum Gasteiger partial charge on any atom is 0.156 e. The number of hydrogen-bond acceptors (Lipinski definition) is 4. The van der Waals surface area contributed by atoms with Gasteiger partial charge >= 0.3 is 0 Å². The molecular weight excluding hydrogens is 272 g/mol. The molecule has 3 rings (SSSR count). The van der Waals surface area contributed by atoms with Crippen LogP contribution in [0.2, 0.25) is 0 Å². The summed E-state index contributed by atoms with van der Waals surface area (Å²) in [7, 11) is -2.78. The second-order valence-electron chi connectivity index (χ2n) is 5.89. The van der Waals surface area contributed by atoms with Gasteiger partial charge in [-0.2, -0.15) is 0 Å². The molecule has 0 aliphatic carbocycles. The van der Waals surface area contributed by atoms with Crippen molar-refractivity contribution in [3.8, 4) is 0 Å². The summed E-state index contributed by atoms with van der Waals surface area (Å²) < 4.78 is 23.5. The lowest BCUT2D eigenvalue weighted by Crippen LogP contribution is -2.41. The number of fused-ring (bicyclic) bond motifs is 2. The molecular formula is C15H22N2O2S. The standard InChI is InChI=1S/C15H22N2O2S/c16-7-5-12-3-1-2-4-13(12)6-8-17-10-15-9-14(17)11-20(15,18)19/h1-4,14-15H,5-11,16H2. The van der Waals surface area contributed by atoms with E-state index >= 15 is 0 Å². The minimum Gasteiger partial charge on any atom is -0.330 e. The predicted molar refractivity (Wildman–Crippen MR) is 80.5 cm³/mol. The first kappa shape index (κ1) is 14.0. The van der Waals surface area contributed by atoms with Crippen LogP contribution in [0.3, 0.4) is 0 Å². The molecule has 0 aromatic heterocycles. The van der Waals surface area contributed by atoms with E-state index in [4.69, 9.17) is 5.73 Å². The fraction of sp³-hybridized carbons (Fsp3) is 0.600. The van der Waals surface area contributed by atoms with E-state index in [1.54, 1.807) is 0 Å². The van der Waals surface area contributed by atoms with Crippen molar-refractivity contribution in [2.24, 2.45) is 5.73 Å². The van der Waals surface area contributed by atoms with Crippen molar-refractivity contribution in [3.05, 3.63) is 35.4 Å². The van der Waals surface area contributed by atoms with Crippen LogP contribution in [0.1, 0.15) is 17.5 Å². The average Bonchev–Trinajstić information content (AvgIpc) is 2.93. The summed E-state index contributed by atoms with van der Waals surface area (Å²) in [6.45, 7) is 2.36. The summed E-state index contributed by atoms with van der Waals surface area (Å²) in [6.07, 6.45) is 2.74. The Bertz CT molecular complexity index is 585. The molecule has 2 saturated heterocycles. The molecule has 2 bridgehead atoms. The van der Waals surface area contributed by atoms with E-state index in [-0.39, 0.29) is 11.3 Å². The third-order valence-corrected chi connectivity index (χ3v) is 6.83. The van der Waals surface area contributed by atoms with Crippen LogP contribution in [0.5, 0.6) is 0 Å². The number of benzene rings is 1. The maximum atomic E-state index is 11.7. The van der Waals surface area contributed by atoms with Crippen molar-refractivity contribution in [2.75, 3.05) is 25.4 Å². The second-order valence-corrected chi connectivity index (χ2v) is 8.22. The molecule has 2 N–H and O–H groups in total. The van der Waals surface area contributed by atoms with Gasteiger partial charge in [-0.1, -0.05) is 24.3 Å². The smallest absolute Gasteiger partial charge is 0.156 e. The van der Waals surface area contributed by atoms with Gasteiger partial charge in [0.2, 0.25) is 0 Å². The molecule has 0 spiro atoms. The van der Waals surface area contributed by atoms with Gasteiger partial charge in [0.25, 0.3) is 0 Å². The molecule has 0 radical (unpaired) electrons. The van der Waals surface area contributed by atoms with Crippen LogP contribution in [0.4, 0.5) is 0 Å². The predicted octanol–water partition coefficient (Wildman–Crippen LogP) is 0.602. The maximum absolute atomic E-state index is 11.7. The van der Waals surface area contributed by atoms with E-state index in [2.05, 4.69) is 29.2 Å². The average molecular weight is 294 g/mol. The summed E-state index contributed by atoms with van der Waals surface area (Å²) in [5.74, 6) is 0.363. The zero-order chi connectivity index (χ0) is 14.2. The number of sulfone groups is 1. The van der Waals surface area contributed by atoms with Gasteiger partial charge in [-0.15, -0.1) is 0 Å². The van der Waals surface area contributed by atoms with Gasteiger partial charge in [-0.3, -0.25) is 4.90 Å². The highest BCUT2D eigenvalue weighted by atomic mass is 32.2. The highest BCUT2D eigenvalue weighted by Gasteiger charge is 2.47. The van der Waals surface area contributed by atoms with Gasteiger partial charge in [0.15, 0.2) is 9.84 Å². The van der Waals surface area contributed by atoms with E-state index < -0.39 is 9.84 Å². The molecule has 0 amide bonds. The molecule has 2 aliphatic rings. The Kier molecular flexibility index (Phi) is 3.84. The third-order valence-electron chi connectivity index (χ3n) is 4.62. The molecule has 2 heterocycles.